The van der Waals surface area contributed by atoms with Gasteiger partial charge in [0.25, 0.3) is 0 Å². The number of rotatable bonds is 7. The molecule has 0 atom stereocenters. The van der Waals surface area contributed by atoms with Gasteiger partial charge in [-0.15, -0.1) is 0 Å². The zero-order chi connectivity index (χ0) is 18.4. The van der Waals surface area contributed by atoms with Crippen LogP contribution in [0.3, 0.4) is 0 Å². The first-order valence-electron chi connectivity index (χ1n) is 8.32. The molecule has 0 fully saturated rings. The van der Waals surface area contributed by atoms with E-state index in [1.165, 1.54) is 0 Å². The number of aromatic nitrogens is 2. The summed E-state index contributed by atoms with van der Waals surface area (Å²) in [5.41, 5.74) is 5.17. The number of hydrazone groups is 1. The molecule has 0 spiro atoms. The molecule has 0 amide bonds. The molecular weight excluding hydrogens is 352 g/mol. The Kier molecular flexibility index (Phi) is 5.86. The molecule has 1 heterocycles. The second-order valence-corrected chi connectivity index (χ2v) is 5.65. The normalized spacial score (nSPS) is 11.0. The number of halogens is 1. The van der Waals surface area contributed by atoms with Crippen molar-refractivity contribution in [1.82, 2.24) is 9.97 Å². The largest absolute Gasteiger partial charge is 0.490 e. The van der Waals surface area contributed by atoms with E-state index in [1.54, 1.807) is 6.21 Å². The lowest BCUT2D eigenvalue weighted by molar-refractivity contribution is 0.288. The Labute approximate surface area is 156 Å². The smallest absolute Gasteiger partial charge is 0.185 e. The topological polar surface area (TPSA) is 68.6 Å². The molecule has 3 rings (SSSR count). The average molecular weight is 371 g/mol. The van der Waals surface area contributed by atoms with Gasteiger partial charge in [0.1, 0.15) is 0 Å². The van der Waals surface area contributed by atoms with E-state index in [-0.39, 0.29) is 5.15 Å². The van der Waals surface area contributed by atoms with Crippen LogP contribution in [0.1, 0.15) is 19.4 Å². The van der Waals surface area contributed by atoms with Crippen molar-refractivity contribution in [3.8, 4) is 11.5 Å². The predicted octanol–water partition coefficient (Wildman–Crippen LogP) is 4.53. The second-order valence-electron chi connectivity index (χ2n) is 5.29. The number of fused-ring (bicyclic) bond motifs is 1. The van der Waals surface area contributed by atoms with Gasteiger partial charge in [-0.25, -0.2) is 9.97 Å². The Morgan fingerprint density at radius 3 is 2.42 bits per heavy atom. The summed E-state index contributed by atoms with van der Waals surface area (Å²) in [6.45, 7) is 5.00. The quantitative estimate of drug-likeness (QED) is 0.489. The molecule has 134 valence electrons. The van der Waals surface area contributed by atoms with Gasteiger partial charge in [0, 0.05) is 0 Å². The minimum Gasteiger partial charge on any atom is -0.490 e. The minimum absolute atomic E-state index is 0.266. The fourth-order valence-corrected chi connectivity index (χ4v) is 2.54. The predicted molar refractivity (Wildman–Crippen MR) is 105 cm³/mol. The summed E-state index contributed by atoms with van der Waals surface area (Å²) in [4.78, 5) is 8.73. The first-order chi connectivity index (χ1) is 12.7. The van der Waals surface area contributed by atoms with E-state index in [1.807, 2.05) is 56.3 Å². The first kappa shape index (κ1) is 17.9. The second kappa shape index (κ2) is 8.49. The van der Waals surface area contributed by atoms with Crippen LogP contribution in [0, 0.1) is 0 Å². The SMILES string of the molecule is CCOc1ccc(/C=N/Nc2nc3ccccc3nc2Cl)cc1OCC. The Morgan fingerprint density at radius 2 is 1.69 bits per heavy atom. The standard InChI is InChI=1S/C19H19ClN4O2/c1-3-25-16-10-9-13(11-17(16)26-4-2)12-21-24-19-18(20)22-14-7-5-6-8-15(14)23-19/h5-12H,3-4H2,1-2H3,(H,23,24)/b21-12+. The molecule has 3 aromatic rings. The van der Waals surface area contributed by atoms with Gasteiger partial charge in [-0.1, -0.05) is 23.7 Å². The van der Waals surface area contributed by atoms with Gasteiger partial charge in [-0.05, 0) is 49.7 Å². The monoisotopic (exact) mass is 370 g/mol. The average Bonchev–Trinajstić information content (AvgIpc) is 2.64. The van der Waals surface area contributed by atoms with Crippen molar-refractivity contribution in [3.05, 3.63) is 53.2 Å². The fraction of sp³-hybridized carbons (Fsp3) is 0.211. The summed E-state index contributed by atoms with van der Waals surface area (Å²) in [5.74, 6) is 1.79. The molecule has 0 saturated carbocycles. The Hall–Kier alpha value is -2.86. The Bertz CT molecular complexity index is 931. The maximum absolute atomic E-state index is 6.16. The van der Waals surface area contributed by atoms with Crippen molar-refractivity contribution >= 4 is 34.7 Å². The van der Waals surface area contributed by atoms with Crippen molar-refractivity contribution in [2.24, 2.45) is 5.10 Å². The van der Waals surface area contributed by atoms with Gasteiger partial charge in [0.2, 0.25) is 0 Å². The molecule has 0 radical (unpaired) electrons. The van der Waals surface area contributed by atoms with Crippen LogP contribution in [-0.4, -0.2) is 29.4 Å². The van der Waals surface area contributed by atoms with Crippen LogP contribution in [-0.2, 0) is 0 Å². The van der Waals surface area contributed by atoms with Gasteiger partial charge < -0.3 is 9.47 Å². The molecule has 1 N–H and O–H groups in total. The number of ether oxygens (including phenoxy) is 2. The molecule has 2 aromatic carbocycles. The third-order valence-electron chi connectivity index (χ3n) is 3.48. The summed E-state index contributed by atoms with van der Waals surface area (Å²) in [7, 11) is 0. The highest BCUT2D eigenvalue weighted by molar-refractivity contribution is 6.32. The molecule has 0 aliphatic rings. The summed E-state index contributed by atoms with van der Waals surface area (Å²) in [6, 6.07) is 13.1. The maximum atomic E-state index is 6.16. The van der Waals surface area contributed by atoms with Crippen LogP contribution in [0.5, 0.6) is 11.5 Å². The van der Waals surface area contributed by atoms with Gasteiger partial charge in [-0.2, -0.15) is 5.10 Å². The molecule has 6 nitrogen and oxygen atoms in total. The molecule has 7 heteroatoms. The highest BCUT2D eigenvalue weighted by Crippen LogP contribution is 2.28. The molecule has 0 bridgehead atoms. The summed E-state index contributed by atoms with van der Waals surface area (Å²) < 4.78 is 11.2. The van der Waals surface area contributed by atoms with Gasteiger partial charge in [0.05, 0.1) is 30.5 Å². The lowest BCUT2D eigenvalue weighted by Crippen LogP contribution is -2.00. The van der Waals surface area contributed by atoms with Crippen LogP contribution < -0.4 is 14.9 Å². The third kappa shape index (κ3) is 4.21. The zero-order valence-corrected chi connectivity index (χ0v) is 15.3. The van der Waals surface area contributed by atoms with E-state index in [4.69, 9.17) is 21.1 Å². The number of nitrogens with one attached hydrogen (secondary N) is 1. The van der Waals surface area contributed by atoms with Gasteiger partial charge >= 0.3 is 0 Å². The van der Waals surface area contributed by atoms with Crippen LogP contribution in [0.15, 0.2) is 47.6 Å². The number of hydrogen-bond acceptors (Lipinski definition) is 6. The zero-order valence-electron chi connectivity index (χ0n) is 14.6. The molecule has 0 saturated heterocycles. The van der Waals surface area contributed by atoms with Gasteiger partial charge in [-0.3, -0.25) is 5.43 Å². The van der Waals surface area contributed by atoms with Crippen molar-refractivity contribution < 1.29 is 9.47 Å². The first-order valence-corrected chi connectivity index (χ1v) is 8.70. The molecular formula is C19H19ClN4O2. The summed E-state index contributed by atoms with van der Waals surface area (Å²) in [5, 5.41) is 4.46. The number of para-hydroxylation sites is 2. The fourth-order valence-electron chi connectivity index (χ4n) is 2.37. The third-order valence-corrected chi connectivity index (χ3v) is 3.74. The van der Waals surface area contributed by atoms with E-state index < -0.39 is 0 Å². The Morgan fingerprint density at radius 1 is 1.00 bits per heavy atom. The van der Waals surface area contributed by atoms with Gasteiger partial charge in [0.15, 0.2) is 22.5 Å². The van der Waals surface area contributed by atoms with Crippen molar-refractivity contribution in [1.29, 1.82) is 0 Å². The van der Waals surface area contributed by atoms with E-state index in [0.717, 1.165) is 16.6 Å². The molecule has 1 aromatic heterocycles. The highest BCUT2D eigenvalue weighted by atomic mass is 35.5. The van der Waals surface area contributed by atoms with Crippen LogP contribution in [0.2, 0.25) is 5.15 Å². The van der Waals surface area contributed by atoms with Crippen molar-refractivity contribution in [2.75, 3.05) is 18.6 Å². The molecule has 0 unspecified atom stereocenters. The van der Waals surface area contributed by atoms with E-state index >= 15 is 0 Å². The van der Waals surface area contributed by atoms with E-state index in [9.17, 15) is 0 Å². The highest BCUT2D eigenvalue weighted by Gasteiger charge is 2.07. The van der Waals surface area contributed by atoms with Crippen molar-refractivity contribution in [2.45, 2.75) is 13.8 Å². The molecule has 26 heavy (non-hydrogen) atoms. The summed E-state index contributed by atoms with van der Waals surface area (Å²) >= 11 is 6.16. The summed E-state index contributed by atoms with van der Waals surface area (Å²) in [6.07, 6.45) is 1.66. The van der Waals surface area contributed by atoms with Crippen molar-refractivity contribution in [3.63, 3.8) is 0 Å². The number of anilines is 1. The number of hydrogen-bond donors (Lipinski definition) is 1. The van der Waals surface area contributed by atoms with Crippen LogP contribution in [0.25, 0.3) is 11.0 Å². The number of benzene rings is 2. The molecule has 0 aliphatic carbocycles. The van der Waals surface area contributed by atoms with Crippen LogP contribution in [0.4, 0.5) is 5.82 Å². The lowest BCUT2D eigenvalue weighted by atomic mass is 10.2. The van der Waals surface area contributed by atoms with E-state index in [2.05, 4.69) is 20.5 Å². The lowest BCUT2D eigenvalue weighted by Gasteiger charge is -2.11. The Balaban J connectivity index is 1.78. The molecule has 0 aliphatic heterocycles. The minimum atomic E-state index is 0.266. The number of nitrogens with zero attached hydrogens (tertiary/aromatic N) is 3. The maximum Gasteiger partial charge on any atom is 0.185 e. The van der Waals surface area contributed by atoms with Crippen LogP contribution >= 0.6 is 11.6 Å². The van der Waals surface area contributed by atoms with E-state index in [0.29, 0.717) is 30.5 Å².